The lowest BCUT2D eigenvalue weighted by Gasteiger charge is -2.16. The van der Waals surface area contributed by atoms with Crippen LogP contribution in [0.1, 0.15) is 35.7 Å². The Bertz CT molecular complexity index is 458. The molecule has 0 amide bonds. The third-order valence-electron chi connectivity index (χ3n) is 3.20. The molecule has 0 saturated heterocycles. The molecule has 0 atom stereocenters. The van der Waals surface area contributed by atoms with Gasteiger partial charge in [-0.05, 0) is 32.3 Å². The third-order valence-corrected chi connectivity index (χ3v) is 3.20. The Labute approximate surface area is 88.9 Å². The number of nitrogens with two attached hydrogens (primary N) is 2. The summed E-state index contributed by atoms with van der Waals surface area (Å²) >= 11 is 0. The van der Waals surface area contributed by atoms with Crippen LogP contribution in [-0.2, 0) is 6.54 Å². The van der Waals surface area contributed by atoms with Crippen molar-refractivity contribution in [3.05, 3.63) is 27.2 Å². The summed E-state index contributed by atoms with van der Waals surface area (Å²) in [6.45, 7) is 4.04. The van der Waals surface area contributed by atoms with E-state index in [1.165, 1.54) is 0 Å². The van der Waals surface area contributed by atoms with Crippen molar-refractivity contribution in [2.75, 3.05) is 5.73 Å². The molecule has 1 heterocycles. The molecule has 0 bridgehead atoms. The van der Waals surface area contributed by atoms with Crippen LogP contribution in [0.5, 0.6) is 0 Å². The topological polar surface area (TPSA) is 74.0 Å². The molecule has 82 valence electrons. The van der Waals surface area contributed by atoms with E-state index in [-0.39, 0.29) is 12.1 Å². The van der Waals surface area contributed by atoms with Gasteiger partial charge in [0.15, 0.2) is 0 Å². The maximum absolute atomic E-state index is 12.1. The lowest BCUT2D eigenvalue weighted by Crippen LogP contribution is -2.29. The van der Waals surface area contributed by atoms with Crippen LogP contribution in [0.3, 0.4) is 0 Å². The van der Waals surface area contributed by atoms with E-state index < -0.39 is 0 Å². The standard InChI is InChI=1S/C11H17N3O/c1-6-9(5-12)11(15)14(8-3-4-8)7(2)10(6)13/h8H,3-5,12-13H2,1-2H3. The highest BCUT2D eigenvalue weighted by Crippen LogP contribution is 2.36. The zero-order valence-corrected chi connectivity index (χ0v) is 9.21. The highest BCUT2D eigenvalue weighted by Gasteiger charge is 2.28. The molecule has 1 saturated carbocycles. The van der Waals surface area contributed by atoms with E-state index in [2.05, 4.69) is 0 Å². The van der Waals surface area contributed by atoms with Gasteiger partial charge in [-0.1, -0.05) is 0 Å². The van der Waals surface area contributed by atoms with Crippen molar-refractivity contribution in [2.24, 2.45) is 5.73 Å². The van der Waals surface area contributed by atoms with Gasteiger partial charge in [0, 0.05) is 23.8 Å². The second-order valence-electron chi connectivity index (χ2n) is 4.21. The molecule has 2 rings (SSSR count). The largest absolute Gasteiger partial charge is 0.397 e. The van der Waals surface area contributed by atoms with Gasteiger partial charge in [-0.25, -0.2) is 0 Å². The van der Waals surface area contributed by atoms with E-state index in [1.807, 2.05) is 18.4 Å². The first-order valence-corrected chi connectivity index (χ1v) is 5.28. The molecule has 0 spiro atoms. The Morgan fingerprint density at radius 1 is 1.40 bits per heavy atom. The molecular weight excluding hydrogens is 190 g/mol. The van der Waals surface area contributed by atoms with Crippen LogP contribution in [-0.4, -0.2) is 4.57 Å². The molecule has 15 heavy (non-hydrogen) atoms. The number of hydrogen-bond acceptors (Lipinski definition) is 3. The van der Waals surface area contributed by atoms with Gasteiger partial charge in [0.25, 0.3) is 5.56 Å². The average Bonchev–Trinajstić information content (AvgIpc) is 3.00. The van der Waals surface area contributed by atoms with Crippen molar-refractivity contribution >= 4 is 5.69 Å². The van der Waals surface area contributed by atoms with E-state index in [0.29, 0.717) is 17.3 Å². The number of rotatable bonds is 2. The van der Waals surface area contributed by atoms with E-state index in [1.54, 1.807) is 0 Å². The molecule has 1 fully saturated rings. The van der Waals surface area contributed by atoms with Gasteiger partial charge in [0.05, 0.1) is 5.69 Å². The highest BCUT2D eigenvalue weighted by atomic mass is 16.1. The number of hydrogen-bond donors (Lipinski definition) is 2. The van der Waals surface area contributed by atoms with Gasteiger partial charge in [-0.15, -0.1) is 0 Å². The number of pyridine rings is 1. The fraction of sp³-hybridized carbons (Fsp3) is 0.545. The van der Waals surface area contributed by atoms with Gasteiger partial charge >= 0.3 is 0 Å². The molecule has 4 N–H and O–H groups in total. The molecule has 4 heteroatoms. The lowest BCUT2D eigenvalue weighted by atomic mass is 10.1. The summed E-state index contributed by atoms with van der Waals surface area (Å²) < 4.78 is 1.81. The average molecular weight is 207 g/mol. The predicted molar refractivity (Wildman–Crippen MR) is 60.8 cm³/mol. The molecule has 4 nitrogen and oxygen atoms in total. The molecule has 1 aliphatic rings. The monoisotopic (exact) mass is 207 g/mol. The normalized spacial score (nSPS) is 15.7. The summed E-state index contributed by atoms with van der Waals surface area (Å²) in [6, 6.07) is 0.352. The van der Waals surface area contributed by atoms with E-state index >= 15 is 0 Å². The number of nitrogens with zero attached hydrogens (tertiary/aromatic N) is 1. The van der Waals surface area contributed by atoms with Gasteiger partial charge in [0.2, 0.25) is 0 Å². The van der Waals surface area contributed by atoms with E-state index in [9.17, 15) is 4.79 Å². The minimum absolute atomic E-state index is 0.0456. The highest BCUT2D eigenvalue weighted by molar-refractivity contribution is 5.53. The molecule has 1 aliphatic carbocycles. The first-order valence-electron chi connectivity index (χ1n) is 5.28. The Morgan fingerprint density at radius 3 is 2.47 bits per heavy atom. The maximum atomic E-state index is 12.1. The Balaban J connectivity index is 2.74. The smallest absolute Gasteiger partial charge is 0.255 e. The van der Waals surface area contributed by atoms with Crippen LogP contribution in [0, 0.1) is 13.8 Å². The fourth-order valence-corrected chi connectivity index (χ4v) is 2.03. The van der Waals surface area contributed by atoms with Crippen LogP contribution < -0.4 is 17.0 Å². The number of anilines is 1. The first-order chi connectivity index (χ1) is 7.07. The van der Waals surface area contributed by atoms with Crippen molar-refractivity contribution in [2.45, 2.75) is 39.3 Å². The summed E-state index contributed by atoms with van der Waals surface area (Å²) in [4.78, 5) is 12.1. The van der Waals surface area contributed by atoms with Crippen LogP contribution >= 0.6 is 0 Å². The SMILES string of the molecule is Cc1c(N)c(C)n(C2CC2)c(=O)c1CN. The van der Waals surface area contributed by atoms with Gasteiger partial charge in [-0.2, -0.15) is 0 Å². The zero-order valence-electron chi connectivity index (χ0n) is 9.21. The first kappa shape index (κ1) is 10.2. The van der Waals surface area contributed by atoms with Crippen LogP contribution in [0.2, 0.25) is 0 Å². The van der Waals surface area contributed by atoms with E-state index in [4.69, 9.17) is 11.5 Å². The fourth-order valence-electron chi connectivity index (χ4n) is 2.03. The molecule has 1 aromatic heterocycles. The molecule has 0 unspecified atom stereocenters. The molecule has 0 aromatic carbocycles. The second kappa shape index (κ2) is 3.38. The van der Waals surface area contributed by atoms with Crippen LogP contribution in [0.4, 0.5) is 5.69 Å². The van der Waals surface area contributed by atoms with Gasteiger partial charge < -0.3 is 16.0 Å². The van der Waals surface area contributed by atoms with Crippen molar-refractivity contribution in [1.29, 1.82) is 0 Å². The number of aromatic nitrogens is 1. The molecule has 0 radical (unpaired) electrons. The summed E-state index contributed by atoms with van der Waals surface area (Å²) in [5.41, 5.74) is 14.7. The van der Waals surface area contributed by atoms with Crippen molar-refractivity contribution < 1.29 is 0 Å². The minimum Gasteiger partial charge on any atom is -0.397 e. The second-order valence-corrected chi connectivity index (χ2v) is 4.21. The molecule has 0 aliphatic heterocycles. The summed E-state index contributed by atoms with van der Waals surface area (Å²) in [7, 11) is 0. The molecular formula is C11H17N3O. The third kappa shape index (κ3) is 1.45. The van der Waals surface area contributed by atoms with Gasteiger partial charge in [-0.3, -0.25) is 4.79 Å². The van der Waals surface area contributed by atoms with Gasteiger partial charge in [0.1, 0.15) is 0 Å². The Morgan fingerprint density at radius 2 is 2.00 bits per heavy atom. The van der Waals surface area contributed by atoms with Crippen LogP contribution in [0.15, 0.2) is 4.79 Å². The van der Waals surface area contributed by atoms with Crippen molar-refractivity contribution in [1.82, 2.24) is 4.57 Å². The number of nitrogen functional groups attached to an aromatic ring is 1. The maximum Gasteiger partial charge on any atom is 0.255 e. The van der Waals surface area contributed by atoms with Crippen molar-refractivity contribution in [3.63, 3.8) is 0 Å². The zero-order chi connectivity index (χ0) is 11.2. The minimum atomic E-state index is 0.0456. The lowest BCUT2D eigenvalue weighted by molar-refractivity contribution is 0.671. The summed E-state index contributed by atoms with van der Waals surface area (Å²) in [5.74, 6) is 0. The van der Waals surface area contributed by atoms with E-state index in [0.717, 1.165) is 24.1 Å². The summed E-state index contributed by atoms with van der Waals surface area (Å²) in [5, 5.41) is 0. The Hall–Kier alpha value is -1.29. The van der Waals surface area contributed by atoms with Crippen molar-refractivity contribution in [3.8, 4) is 0 Å². The predicted octanol–water partition coefficient (Wildman–Crippen LogP) is 0.841. The van der Waals surface area contributed by atoms with Crippen LogP contribution in [0.25, 0.3) is 0 Å². The molecule has 1 aromatic rings. The quantitative estimate of drug-likeness (QED) is 0.754. The summed E-state index contributed by atoms with van der Waals surface area (Å²) in [6.07, 6.45) is 2.15. The Kier molecular flexibility index (Phi) is 2.31.